The standard InChI is InChI=1S/C29H30FNO2Si/c1-27(2,3)34-33-29(22-12-6-4-7-13-22,23-14-8-5-9-15-23)26-20-32-19-18-28(26,21-31)24-16-10-11-17-25(24)30/h4-17,26H,18-20H2,1-3H3. The van der Waals surface area contributed by atoms with Crippen molar-refractivity contribution in [3.63, 3.8) is 0 Å². The number of rotatable bonds is 6. The van der Waals surface area contributed by atoms with E-state index in [1.54, 1.807) is 18.2 Å². The minimum atomic E-state index is -1.13. The van der Waals surface area contributed by atoms with Crippen LogP contribution in [0.2, 0.25) is 5.04 Å². The van der Waals surface area contributed by atoms with Crippen LogP contribution in [-0.4, -0.2) is 23.0 Å². The van der Waals surface area contributed by atoms with E-state index in [0.717, 1.165) is 11.1 Å². The maximum absolute atomic E-state index is 15.3. The summed E-state index contributed by atoms with van der Waals surface area (Å²) in [5.41, 5.74) is 0.142. The first-order chi connectivity index (χ1) is 16.3. The van der Waals surface area contributed by atoms with Crippen molar-refractivity contribution in [1.82, 2.24) is 0 Å². The van der Waals surface area contributed by atoms with E-state index < -0.39 is 16.9 Å². The van der Waals surface area contributed by atoms with Crippen LogP contribution >= 0.6 is 0 Å². The van der Waals surface area contributed by atoms with Crippen molar-refractivity contribution in [1.29, 1.82) is 5.26 Å². The van der Waals surface area contributed by atoms with Crippen LogP contribution in [0.25, 0.3) is 0 Å². The predicted octanol–water partition coefficient (Wildman–Crippen LogP) is 6.42. The fourth-order valence-electron chi connectivity index (χ4n) is 4.92. The first-order valence-electron chi connectivity index (χ1n) is 11.6. The van der Waals surface area contributed by atoms with E-state index in [1.807, 2.05) is 60.7 Å². The normalized spacial score (nSPS) is 21.1. The van der Waals surface area contributed by atoms with Crippen molar-refractivity contribution >= 4 is 9.76 Å². The van der Waals surface area contributed by atoms with Gasteiger partial charge in [0.05, 0.1) is 18.1 Å². The Morgan fingerprint density at radius 3 is 2.03 bits per heavy atom. The van der Waals surface area contributed by atoms with Crippen LogP contribution in [0.3, 0.4) is 0 Å². The van der Waals surface area contributed by atoms with Gasteiger partial charge in [-0.25, -0.2) is 4.39 Å². The van der Waals surface area contributed by atoms with E-state index in [0.29, 0.717) is 18.6 Å². The molecule has 34 heavy (non-hydrogen) atoms. The number of hydrogen-bond acceptors (Lipinski definition) is 3. The second-order valence-corrected chi connectivity index (χ2v) is 11.8. The molecule has 0 aromatic heterocycles. The molecule has 0 saturated carbocycles. The van der Waals surface area contributed by atoms with Crippen molar-refractivity contribution in [3.8, 4) is 6.07 Å². The second kappa shape index (κ2) is 9.83. The quantitative estimate of drug-likeness (QED) is 0.390. The molecule has 0 amide bonds. The highest BCUT2D eigenvalue weighted by Crippen LogP contribution is 2.53. The van der Waals surface area contributed by atoms with E-state index >= 15 is 4.39 Å². The third-order valence-corrected chi connectivity index (χ3v) is 7.52. The van der Waals surface area contributed by atoms with Crippen molar-refractivity contribution in [3.05, 3.63) is 107 Å². The van der Waals surface area contributed by atoms with Crippen LogP contribution in [0.1, 0.15) is 43.9 Å². The highest BCUT2D eigenvalue weighted by atomic mass is 28.2. The summed E-state index contributed by atoms with van der Waals surface area (Å²) in [5.74, 6) is -0.848. The van der Waals surface area contributed by atoms with Crippen molar-refractivity contribution in [2.24, 2.45) is 5.92 Å². The van der Waals surface area contributed by atoms with E-state index in [-0.39, 0.29) is 27.2 Å². The largest absolute Gasteiger partial charge is 0.403 e. The number of nitriles is 1. The molecular weight excluding hydrogens is 441 g/mol. The third kappa shape index (κ3) is 4.46. The van der Waals surface area contributed by atoms with Gasteiger partial charge in [0.2, 0.25) is 9.76 Å². The SMILES string of the molecule is CC(C)(C)[Si]OC(c1ccccc1)(c1ccccc1)C1COCCC1(C#N)c1ccccc1F. The van der Waals surface area contributed by atoms with Crippen LogP contribution in [-0.2, 0) is 20.2 Å². The molecule has 2 atom stereocenters. The molecule has 2 radical (unpaired) electrons. The molecule has 2 unspecified atom stereocenters. The van der Waals surface area contributed by atoms with Gasteiger partial charge in [0.1, 0.15) is 11.4 Å². The lowest BCUT2D eigenvalue weighted by Crippen LogP contribution is -2.55. The van der Waals surface area contributed by atoms with Crippen molar-refractivity contribution in [2.75, 3.05) is 13.2 Å². The lowest BCUT2D eigenvalue weighted by Gasteiger charge is -2.51. The minimum Gasteiger partial charge on any atom is -0.403 e. The molecule has 3 nitrogen and oxygen atoms in total. The summed E-state index contributed by atoms with van der Waals surface area (Å²) in [5, 5.41) is 10.6. The van der Waals surface area contributed by atoms with E-state index in [4.69, 9.17) is 9.16 Å². The Morgan fingerprint density at radius 1 is 0.941 bits per heavy atom. The molecule has 0 aliphatic carbocycles. The molecule has 0 bridgehead atoms. The Morgan fingerprint density at radius 2 is 1.50 bits per heavy atom. The lowest BCUT2D eigenvalue weighted by molar-refractivity contribution is -0.0761. The molecule has 1 fully saturated rings. The van der Waals surface area contributed by atoms with Crippen LogP contribution in [0, 0.1) is 23.1 Å². The van der Waals surface area contributed by atoms with Crippen LogP contribution in [0.4, 0.5) is 4.39 Å². The van der Waals surface area contributed by atoms with Gasteiger partial charge in [-0.05, 0) is 28.7 Å². The van der Waals surface area contributed by atoms with Gasteiger partial charge in [0, 0.05) is 18.1 Å². The maximum Gasteiger partial charge on any atom is 0.237 e. The molecule has 174 valence electrons. The van der Waals surface area contributed by atoms with Crippen LogP contribution in [0.5, 0.6) is 0 Å². The summed E-state index contributed by atoms with van der Waals surface area (Å²) in [6.45, 7) is 7.08. The van der Waals surface area contributed by atoms with E-state index in [2.05, 4.69) is 26.8 Å². The number of nitrogens with zero attached hydrogens (tertiary/aromatic N) is 1. The molecular formula is C29H30FNO2Si. The number of hydrogen-bond donors (Lipinski definition) is 0. The molecule has 5 heteroatoms. The van der Waals surface area contributed by atoms with Gasteiger partial charge in [-0.2, -0.15) is 5.26 Å². The summed E-state index contributed by atoms with van der Waals surface area (Å²) < 4.78 is 28.3. The van der Waals surface area contributed by atoms with E-state index in [1.165, 1.54) is 6.07 Å². The van der Waals surface area contributed by atoms with Gasteiger partial charge in [0.25, 0.3) is 0 Å². The summed E-state index contributed by atoms with van der Waals surface area (Å²) in [6, 6.07) is 29.2. The molecule has 3 aromatic rings. The number of halogens is 1. The summed E-state index contributed by atoms with van der Waals surface area (Å²) in [4.78, 5) is 0. The second-order valence-electron chi connectivity index (χ2n) is 9.86. The Bertz CT molecular complexity index is 1100. The lowest BCUT2D eigenvalue weighted by atomic mass is 9.59. The van der Waals surface area contributed by atoms with E-state index in [9.17, 15) is 5.26 Å². The number of benzene rings is 3. The van der Waals surface area contributed by atoms with Crippen LogP contribution < -0.4 is 0 Å². The Balaban J connectivity index is 2.03. The molecule has 4 rings (SSSR count). The van der Waals surface area contributed by atoms with Crippen LogP contribution in [0.15, 0.2) is 84.9 Å². The first-order valence-corrected chi connectivity index (χ1v) is 12.5. The van der Waals surface area contributed by atoms with Gasteiger partial charge >= 0.3 is 0 Å². The van der Waals surface area contributed by atoms with Crippen molar-refractivity contribution in [2.45, 2.75) is 43.2 Å². The zero-order chi connectivity index (χ0) is 24.2. The minimum absolute atomic E-state index is 0.0996. The van der Waals surface area contributed by atoms with Gasteiger partial charge in [-0.15, -0.1) is 0 Å². The Hall–Kier alpha value is -2.78. The van der Waals surface area contributed by atoms with Crippen molar-refractivity contribution < 1.29 is 13.6 Å². The Labute approximate surface area is 204 Å². The summed E-state index contributed by atoms with van der Waals surface area (Å²) >= 11 is 0. The average molecular weight is 472 g/mol. The number of ether oxygens (including phenoxy) is 1. The van der Waals surface area contributed by atoms with Gasteiger partial charge in [0.15, 0.2) is 0 Å². The molecule has 0 spiro atoms. The van der Waals surface area contributed by atoms with Gasteiger partial charge in [-0.1, -0.05) is 99.6 Å². The fraction of sp³-hybridized carbons (Fsp3) is 0.345. The molecule has 1 aliphatic rings. The highest BCUT2D eigenvalue weighted by molar-refractivity contribution is 6.32. The van der Waals surface area contributed by atoms with Gasteiger partial charge < -0.3 is 9.16 Å². The zero-order valence-corrected chi connectivity index (χ0v) is 20.9. The zero-order valence-electron chi connectivity index (χ0n) is 19.9. The average Bonchev–Trinajstić information content (AvgIpc) is 2.86. The predicted molar refractivity (Wildman–Crippen MR) is 133 cm³/mol. The summed E-state index contributed by atoms with van der Waals surface area (Å²) in [6.07, 6.45) is 0.387. The topological polar surface area (TPSA) is 42.2 Å². The molecule has 1 heterocycles. The summed E-state index contributed by atoms with van der Waals surface area (Å²) in [7, 11) is 0.142. The monoisotopic (exact) mass is 471 g/mol. The molecule has 1 aliphatic heterocycles. The molecule has 1 saturated heterocycles. The maximum atomic E-state index is 15.3. The highest BCUT2D eigenvalue weighted by Gasteiger charge is 2.57. The molecule has 0 N–H and O–H groups in total. The van der Waals surface area contributed by atoms with Gasteiger partial charge in [-0.3, -0.25) is 0 Å². The fourth-order valence-corrected chi connectivity index (χ4v) is 5.76. The smallest absolute Gasteiger partial charge is 0.237 e. The molecule has 3 aromatic carbocycles. The third-order valence-electron chi connectivity index (χ3n) is 6.49. The first kappa shape index (κ1) is 24.3. The Kier molecular flexibility index (Phi) is 7.04.